The Morgan fingerprint density at radius 2 is 1.20 bits per heavy atom. The molecule has 2 aliphatic rings. The normalized spacial score (nSPS) is 27.6. The van der Waals surface area contributed by atoms with Gasteiger partial charge in [0.15, 0.2) is 0 Å². The van der Waals surface area contributed by atoms with Crippen LogP contribution in [-0.4, -0.2) is 21.3 Å². The molecule has 0 saturated heterocycles. The molecule has 2 rings (SSSR count). The zero-order valence-electron chi connectivity index (χ0n) is 14.2. The van der Waals surface area contributed by atoms with Crippen molar-refractivity contribution in [1.29, 1.82) is 0 Å². The maximum Gasteiger partial charge on any atom is 0.0665 e. The monoisotopic (exact) mass is 275 g/mol. The van der Waals surface area contributed by atoms with Crippen molar-refractivity contribution in [3.05, 3.63) is 35.5 Å². The van der Waals surface area contributed by atoms with Crippen molar-refractivity contribution in [2.45, 2.75) is 66.5 Å². The van der Waals surface area contributed by atoms with Crippen molar-refractivity contribution in [1.82, 2.24) is 5.06 Å². The molecule has 0 spiro atoms. The van der Waals surface area contributed by atoms with Gasteiger partial charge in [0.25, 0.3) is 0 Å². The molecule has 1 N–H and O–H groups in total. The first-order chi connectivity index (χ1) is 8.84. The minimum Gasteiger partial charge on any atom is -0.312 e. The first-order valence-corrected chi connectivity index (χ1v) is 7.47. The average molecular weight is 275 g/mol. The number of hydrogen-bond acceptors (Lipinski definition) is 2. The average Bonchev–Trinajstić information content (AvgIpc) is 2.46. The molecule has 0 aromatic rings. The van der Waals surface area contributed by atoms with Crippen LogP contribution in [0.1, 0.15) is 55.4 Å². The molecule has 112 valence electrons. The quantitative estimate of drug-likeness (QED) is 0.691. The molecule has 20 heavy (non-hydrogen) atoms. The molecule has 1 heterocycles. The van der Waals surface area contributed by atoms with E-state index in [1.807, 2.05) is 0 Å². The number of hydroxylamine groups is 2. The Kier molecular flexibility index (Phi) is 3.17. The zero-order chi connectivity index (χ0) is 15.6. The van der Waals surface area contributed by atoms with E-state index in [4.69, 9.17) is 0 Å². The molecular weight excluding hydrogens is 246 g/mol. The van der Waals surface area contributed by atoms with Gasteiger partial charge in [0, 0.05) is 5.41 Å². The molecule has 1 aliphatic heterocycles. The summed E-state index contributed by atoms with van der Waals surface area (Å²) in [4.78, 5) is 0. The van der Waals surface area contributed by atoms with E-state index in [9.17, 15) is 5.21 Å². The molecule has 0 aromatic heterocycles. The van der Waals surface area contributed by atoms with Crippen LogP contribution < -0.4 is 0 Å². The lowest BCUT2D eigenvalue weighted by atomic mass is 9.67. The molecule has 0 atom stereocenters. The van der Waals surface area contributed by atoms with E-state index in [2.05, 4.69) is 79.7 Å². The summed E-state index contributed by atoms with van der Waals surface area (Å²) in [6.45, 7) is 17.4. The predicted octanol–water partition coefficient (Wildman–Crippen LogP) is 4.72. The van der Waals surface area contributed by atoms with E-state index < -0.39 is 0 Å². The van der Waals surface area contributed by atoms with Gasteiger partial charge in [-0.3, -0.25) is 0 Å². The van der Waals surface area contributed by atoms with E-state index in [0.29, 0.717) is 0 Å². The Morgan fingerprint density at radius 3 is 1.50 bits per heavy atom. The molecule has 1 aliphatic carbocycles. The van der Waals surface area contributed by atoms with Crippen molar-refractivity contribution in [2.24, 2.45) is 10.8 Å². The van der Waals surface area contributed by atoms with Crippen LogP contribution in [0.5, 0.6) is 0 Å². The highest BCUT2D eigenvalue weighted by atomic mass is 16.5. The van der Waals surface area contributed by atoms with Crippen molar-refractivity contribution in [3.63, 3.8) is 0 Å². The fourth-order valence-corrected chi connectivity index (χ4v) is 3.24. The second-order valence-electron chi connectivity index (χ2n) is 8.46. The van der Waals surface area contributed by atoms with Gasteiger partial charge in [0.05, 0.1) is 11.1 Å². The van der Waals surface area contributed by atoms with Crippen LogP contribution >= 0.6 is 0 Å². The van der Waals surface area contributed by atoms with Gasteiger partial charge in [-0.05, 0) is 44.3 Å². The summed E-state index contributed by atoms with van der Waals surface area (Å²) in [6.07, 6.45) is 9.03. The fourth-order valence-electron chi connectivity index (χ4n) is 3.24. The topological polar surface area (TPSA) is 23.5 Å². The molecule has 0 radical (unpaired) electrons. The Hall–Kier alpha value is -0.860. The van der Waals surface area contributed by atoms with Crippen LogP contribution in [0.4, 0.5) is 0 Å². The summed E-state index contributed by atoms with van der Waals surface area (Å²) in [6, 6.07) is 0. The van der Waals surface area contributed by atoms with E-state index in [1.54, 1.807) is 0 Å². The maximum atomic E-state index is 10.5. The highest BCUT2D eigenvalue weighted by Crippen LogP contribution is 2.49. The van der Waals surface area contributed by atoms with Crippen molar-refractivity contribution in [3.8, 4) is 0 Å². The summed E-state index contributed by atoms with van der Waals surface area (Å²) in [5, 5.41) is 12.0. The molecular formula is C18H29NO. The summed E-state index contributed by atoms with van der Waals surface area (Å²) in [5.74, 6) is 0. The zero-order valence-corrected chi connectivity index (χ0v) is 14.2. The van der Waals surface area contributed by atoms with Gasteiger partial charge in [-0.15, -0.1) is 0 Å². The summed E-state index contributed by atoms with van der Waals surface area (Å²) in [5.41, 5.74) is 1.89. The number of allylic oxidation sites excluding steroid dienone is 2. The van der Waals surface area contributed by atoms with Gasteiger partial charge < -0.3 is 5.21 Å². The van der Waals surface area contributed by atoms with E-state index in [-0.39, 0.29) is 21.9 Å². The summed E-state index contributed by atoms with van der Waals surface area (Å²) >= 11 is 0. The highest BCUT2D eigenvalue weighted by molar-refractivity contribution is 5.52. The molecule has 0 saturated carbocycles. The van der Waals surface area contributed by atoms with Gasteiger partial charge in [-0.2, -0.15) is 5.06 Å². The van der Waals surface area contributed by atoms with Gasteiger partial charge in [-0.1, -0.05) is 52.0 Å². The number of nitrogens with zero attached hydrogens (tertiary/aromatic N) is 1. The van der Waals surface area contributed by atoms with Crippen LogP contribution in [0.25, 0.3) is 0 Å². The van der Waals surface area contributed by atoms with Crippen LogP contribution in [0.15, 0.2) is 35.5 Å². The molecule has 0 aromatic carbocycles. The number of rotatable bonds is 0. The van der Waals surface area contributed by atoms with Gasteiger partial charge in [0.1, 0.15) is 0 Å². The highest BCUT2D eigenvalue weighted by Gasteiger charge is 2.50. The van der Waals surface area contributed by atoms with E-state index in [0.717, 1.165) is 0 Å². The Labute approximate surface area is 123 Å². The number of hydrogen-bond donors (Lipinski definition) is 1. The van der Waals surface area contributed by atoms with Crippen LogP contribution in [0, 0.1) is 10.8 Å². The fraction of sp³-hybridized carbons (Fsp3) is 0.667. The van der Waals surface area contributed by atoms with Crippen molar-refractivity contribution >= 4 is 0 Å². The van der Waals surface area contributed by atoms with Crippen molar-refractivity contribution < 1.29 is 5.21 Å². The molecule has 2 nitrogen and oxygen atoms in total. The minimum atomic E-state index is -0.358. The first kappa shape index (κ1) is 15.5. The molecule has 0 amide bonds. The SMILES string of the molecule is CC1(C)C2=C(C=CC(C)(C(C)(C)C)C=C2)C(C)(C)N1O. The summed E-state index contributed by atoms with van der Waals surface area (Å²) < 4.78 is 0. The molecule has 0 bridgehead atoms. The van der Waals surface area contributed by atoms with E-state index >= 15 is 0 Å². The lowest BCUT2D eigenvalue weighted by molar-refractivity contribution is -0.186. The summed E-state index contributed by atoms with van der Waals surface area (Å²) in [7, 11) is 0. The third-order valence-corrected chi connectivity index (χ3v) is 5.48. The Morgan fingerprint density at radius 1 is 0.850 bits per heavy atom. The molecule has 0 unspecified atom stereocenters. The standard InChI is InChI=1S/C18H29NO/c1-15(2,3)18(8)11-9-13-14(10-12-18)17(6,7)19(20)16(13,4)5/h9-12,20H,1-8H3. The van der Waals surface area contributed by atoms with Crippen LogP contribution in [0.2, 0.25) is 0 Å². The first-order valence-electron chi connectivity index (χ1n) is 7.47. The third kappa shape index (κ3) is 1.93. The molecule has 2 heteroatoms. The minimum absolute atomic E-state index is 0.0176. The van der Waals surface area contributed by atoms with Crippen LogP contribution in [-0.2, 0) is 0 Å². The van der Waals surface area contributed by atoms with Crippen LogP contribution in [0.3, 0.4) is 0 Å². The van der Waals surface area contributed by atoms with E-state index in [1.165, 1.54) is 16.2 Å². The smallest absolute Gasteiger partial charge is 0.0665 e. The second-order valence-corrected chi connectivity index (χ2v) is 8.46. The van der Waals surface area contributed by atoms with Gasteiger partial charge in [0.2, 0.25) is 0 Å². The third-order valence-electron chi connectivity index (χ3n) is 5.48. The Bertz CT molecular complexity index is 476. The predicted molar refractivity (Wildman–Crippen MR) is 84.7 cm³/mol. The lowest BCUT2D eigenvalue weighted by Crippen LogP contribution is -2.48. The molecule has 0 fully saturated rings. The maximum absolute atomic E-state index is 10.5. The Balaban J connectivity index is 2.57. The van der Waals surface area contributed by atoms with Crippen molar-refractivity contribution in [2.75, 3.05) is 0 Å². The second kappa shape index (κ2) is 4.08. The largest absolute Gasteiger partial charge is 0.312 e. The lowest BCUT2D eigenvalue weighted by Gasteiger charge is -2.39. The van der Waals surface area contributed by atoms with Gasteiger partial charge >= 0.3 is 0 Å². The van der Waals surface area contributed by atoms with Gasteiger partial charge in [-0.25, -0.2) is 0 Å².